The fourth-order valence-electron chi connectivity index (χ4n) is 2.04. The number of aryl methyl sites for hydroxylation is 1. The van der Waals surface area contributed by atoms with E-state index >= 15 is 0 Å². The van der Waals surface area contributed by atoms with Gasteiger partial charge in [-0.3, -0.25) is 4.79 Å². The van der Waals surface area contributed by atoms with E-state index in [1.165, 1.54) is 17.4 Å². The summed E-state index contributed by atoms with van der Waals surface area (Å²) in [6.45, 7) is 1.93. The average molecular weight is 366 g/mol. The number of amides is 1. The molecule has 0 saturated heterocycles. The van der Waals surface area contributed by atoms with Crippen LogP contribution in [0.4, 0.5) is 0 Å². The third kappa shape index (κ3) is 2.91. The van der Waals surface area contributed by atoms with E-state index < -0.39 is 5.91 Å². The van der Waals surface area contributed by atoms with Crippen molar-refractivity contribution in [3.63, 3.8) is 0 Å². The van der Waals surface area contributed by atoms with Gasteiger partial charge in [0.25, 0.3) is 0 Å². The zero-order valence-electron chi connectivity index (χ0n) is 11.8. The third-order valence-corrected chi connectivity index (χ3v) is 4.86. The van der Waals surface area contributed by atoms with Crippen LogP contribution in [0, 0.1) is 19.3 Å². The molecule has 0 bridgehead atoms. The third-order valence-electron chi connectivity index (χ3n) is 3.01. The minimum absolute atomic E-state index is 0.0596. The van der Waals surface area contributed by atoms with Gasteiger partial charge in [-0.25, -0.2) is 0 Å². The lowest BCUT2D eigenvalue weighted by Gasteiger charge is -2.02. The molecule has 1 aromatic carbocycles. The van der Waals surface area contributed by atoms with Crippen molar-refractivity contribution in [2.45, 2.75) is 13.5 Å². The van der Waals surface area contributed by atoms with Crippen molar-refractivity contribution in [3.8, 4) is 12.3 Å². The van der Waals surface area contributed by atoms with Crippen LogP contribution in [0.3, 0.4) is 0 Å². The highest BCUT2D eigenvalue weighted by atomic mass is 35.5. The molecule has 0 spiro atoms. The van der Waals surface area contributed by atoms with Gasteiger partial charge in [-0.2, -0.15) is 4.99 Å². The number of aromatic nitrogens is 2. The predicted octanol–water partition coefficient (Wildman–Crippen LogP) is 3.68. The number of carbonyl (C=O) groups is 1. The van der Waals surface area contributed by atoms with E-state index in [9.17, 15) is 4.79 Å². The monoisotopic (exact) mass is 365 g/mol. The highest BCUT2D eigenvalue weighted by Crippen LogP contribution is 2.31. The smallest absolute Gasteiger partial charge is 0.318 e. The van der Waals surface area contributed by atoms with Crippen molar-refractivity contribution < 1.29 is 9.32 Å². The molecule has 8 heteroatoms. The molecule has 1 amide bonds. The average Bonchev–Trinajstić information content (AvgIpc) is 3.09. The van der Waals surface area contributed by atoms with Crippen molar-refractivity contribution in [3.05, 3.63) is 44.5 Å². The molecule has 0 N–H and O–H groups in total. The highest BCUT2D eigenvalue weighted by Gasteiger charge is 2.15. The molecule has 116 valence electrons. The Kier molecular flexibility index (Phi) is 4.26. The SMILES string of the molecule is C#CCn1c(=NC(=O)c2cc(C)no2)sc2c(Cl)ccc(Cl)c21. The lowest BCUT2D eigenvalue weighted by atomic mass is 10.3. The van der Waals surface area contributed by atoms with E-state index in [4.69, 9.17) is 34.1 Å². The minimum atomic E-state index is -0.546. The van der Waals surface area contributed by atoms with Gasteiger partial charge in [0, 0.05) is 6.07 Å². The molecule has 2 heterocycles. The van der Waals surface area contributed by atoms with Crippen LogP contribution in [0.1, 0.15) is 16.2 Å². The van der Waals surface area contributed by atoms with E-state index in [1.54, 1.807) is 23.6 Å². The van der Waals surface area contributed by atoms with Gasteiger partial charge < -0.3 is 9.09 Å². The second kappa shape index (κ2) is 6.20. The number of carbonyl (C=O) groups excluding carboxylic acids is 1. The van der Waals surface area contributed by atoms with Crippen LogP contribution in [-0.2, 0) is 6.54 Å². The molecule has 3 aromatic rings. The molecule has 0 atom stereocenters. The largest absolute Gasteiger partial charge is 0.351 e. The summed E-state index contributed by atoms with van der Waals surface area (Å²) < 4.78 is 7.32. The van der Waals surface area contributed by atoms with Crippen LogP contribution in [0.2, 0.25) is 10.0 Å². The first kappa shape index (κ1) is 15.8. The molecule has 5 nitrogen and oxygen atoms in total. The van der Waals surface area contributed by atoms with E-state index in [-0.39, 0.29) is 12.3 Å². The summed E-state index contributed by atoms with van der Waals surface area (Å²) in [6, 6.07) is 4.89. The number of terminal acetylenes is 1. The van der Waals surface area contributed by atoms with Gasteiger partial charge in [-0.05, 0) is 19.1 Å². The molecule has 0 aliphatic heterocycles. The Morgan fingerprint density at radius 2 is 2.22 bits per heavy atom. The molecule has 2 aromatic heterocycles. The number of hydrogen-bond donors (Lipinski definition) is 0. The first-order valence-electron chi connectivity index (χ1n) is 6.44. The second-order valence-electron chi connectivity index (χ2n) is 4.63. The molecule has 0 unspecified atom stereocenters. The van der Waals surface area contributed by atoms with Crippen LogP contribution in [-0.4, -0.2) is 15.6 Å². The Morgan fingerprint density at radius 3 is 2.87 bits per heavy atom. The van der Waals surface area contributed by atoms with E-state index in [0.717, 1.165) is 4.70 Å². The molecule has 0 aliphatic carbocycles. The van der Waals surface area contributed by atoms with Crippen LogP contribution in [0.5, 0.6) is 0 Å². The molecular formula is C15H9Cl2N3O2S. The van der Waals surface area contributed by atoms with Crippen LogP contribution in [0.15, 0.2) is 27.7 Å². The van der Waals surface area contributed by atoms with Crippen molar-refractivity contribution in [2.75, 3.05) is 0 Å². The molecule has 0 aliphatic rings. The lowest BCUT2D eigenvalue weighted by molar-refractivity contribution is 0.0962. The number of nitrogens with zero attached hydrogens (tertiary/aromatic N) is 3. The Balaban J connectivity index is 2.25. The fourth-order valence-corrected chi connectivity index (χ4v) is 3.68. The quantitative estimate of drug-likeness (QED) is 0.650. The fraction of sp³-hybridized carbons (Fsp3) is 0.133. The maximum absolute atomic E-state index is 12.2. The van der Waals surface area contributed by atoms with Gasteiger partial charge >= 0.3 is 5.91 Å². The summed E-state index contributed by atoms with van der Waals surface area (Å²) in [7, 11) is 0. The van der Waals surface area contributed by atoms with Crippen LogP contribution in [0.25, 0.3) is 10.2 Å². The first-order chi connectivity index (χ1) is 11.0. The zero-order valence-corrected chi connectivity index (χ0v) is 14.2. The minimum Gasteiger partial charge on any atom is -0.351 e. The Labute approximate surface area is 145 Å². The number of benzene rings is 1. The van der Waals surface area contributed by atoms with Crippen molar-refractivity contribution in [1.29, 1.82) is 0 Å². The number of rotatable bonds is 2. The second-order valence-corrected chi connectivity index (χ2v) is 6.42. The summed E-state index contributed by atoms with van der Waals surface area (Å²) in [6.07, 6.45) is 5.42. The molecule has 0 saturated carbocycles. The van der Waals surface area contributed by atoms with Gasteiger partial charge in [-0.15, -0.1) is 6.42 Å². The molecule has 23 heavy (non-hydrogen) atoms. The maximum Gasteiger partial charge on any atom is 0.318 e. The van der Waals surface area contributed by atoms with Gasteiger partial charge in [-0.1, -0.05) is 45.6 Å². The van der Waals surface area contributed by atoms with Gasteiger partial charge in [0.2, 0.25) is 5.76 Å². The molecule has 3 rings (SSSR count). The molecule has 0 radical (unpaired) electrons. The van der Waals surface area contributed by atoms with Crippen LogP contribution < -0.4 is 4.80 Å². The Morgan fingerprint density at radius 1 is 1.48 bits per heavy atom. The summed E-state index contributed by atoms with van der Waals surface area (Å²) in [5, 5.41) is 4.68. The van der Waals surface area contributed by atoms with Gasteiger partial charge in [0.1, 0.15) is 0 Å². The molecule has 0 fully saturated rings. The number of halogens is 2. The number of fused-ring (bicyclic) bond motifs is 1. The van der Waals surface area contributed by atoms with Crippen molar-refractivity contribution in [2.24, 2.45) is 4.99 Å². The summed E-state index contributed by atoms with van der Waals surface area (Å²) in [4.78, 5) is 16.7. The standard InChI is InChI=1S/C15H9Cl2N3O2S/c1-3-6-20-12-9(16)4-5-10(17)13(12)23-15(20)18-14(21)11-7-8(2)19-22-11/h1,4-5,7H,6H2,2H3. The van der Waals surface area contributed by atoms with Crippen molar-refractivity contribution >= 4 is 50.7 Å². The first-order valence-corrected chi connectivity index (χ1v) is 8.01. The lowest BCUT2D eigenvalue weighted by Crippen LogP contribution is -2.16. The highest BCUT2D eigenvalue weighted by molar-refractivity contribution is 7.17. The summed E-state index contributed by atoms with van der Waals surface area (Å²) in [5.74, 6) is 2.04. The van der Waals surface area contributed by atoms with E-state index in [1.807, 2.05) is 0 Å². The number of hydrogen-bond acceptors (Lipinski definition) is 4. The topological polar surface area (TPSA) is 60.4 Å². The van der Waals surface area contributed by atoms with Crippen molar-refractivity contribution in [1.82, 2.24) is 9.72 Å². The molecular weight excluding hydrogens is 357 g/mol. The van der Waals surface area contributed by atoms with Crippen LogP contribution >= 0.6 is 34.5 Å². The maximum atomic E-state index is 12.2. The van der Waals surface area contributed by atoms with E-state index in [2.05, 4.69) is 16.1 Å². The van der Waals surface area contributed by atoms with Gasteiger partial charge in [0.15, 0.2) is 4.80 Å². The summed E-state index contributed by atoms with van der Waals surface area (Å²) in [5.41, 5.74) is 1.25. The van der Waals surface area contributed by atoms with E-state index in [0.29, 0.717) is 26.1 Å². The predicted molar refractivity (Wildman–Crippen MR) is 89.8 cm³/mol. The van der Waals surface area contributed by atoms with Gasteiger partial charge in [0.05, 0.1) is 32.5 Å². The Hall–Kier alpha value is -2.07. The summed E-state index contributed by atoms with van der Waals surface area (Å²) >= 11 is 13.7. The normalized spacial score (nSPS) is 11.8. The zero-order chi connectivity index (χ0) is 16.6. The number of thiazole rings is 1. The Bertz CT molecular complexity index is 1020.